The number of nitrogens with zero attached hydrogens (tertiary/aromatic N) is 1. The topological polar surface area (TPSA) is 46.3 Å². The van der Waals surface area contributed by atoms with Gasteiger partial charge in [-0.2, -0.15) is 0 Å². The Bertz CT molecular complexity index is 475. The minimum atomic E-state index is -0.597. The van der Waals surface area contributed by atoms with Crippen LogP contribution in [-0.4, -0.2) is 18.5 Å². The molecule has 1 aromatic carbocycles. The van der Waals surface area contributed by atoms with Crippen LogP contribution in [0.4, 0.5) is 5.69 Å². The summed E-state index contributed by atoms with van der Waals surface area (Å²) in [6.45, 7) is 6.22. The Kier molecular flexibility index (Phi) is 2.74. The van der Waals surface area contributed by atoms with Gasteiger partial charge in [0.05, 0.1) is 5.54 Å². The van der Waals surface area contributed by atoms with Crippen LogP contribution in [0.25, 0.3) is 0 Å². The maximum Gasteiger partial charge on any atom is 0.246 e. The molecule has 1 saturated carbocycles. The molecule has 3 heteroatoms. The molecule has 0 bridgehead atoms. The van der Waals surface area contributed by atoms with E-state index < -0.39 is 5.54 Å². The number of aryl methyl sites for hydroxylation is 1. The number of amides is 1. The van der Waals surface area contributed by atoms with Crippen molar-refractivity contribution >= 4 is 11.6 Å². The van der Waals surface area contributed by atoms with E-state index in [0.717, 1.165) is 24.1 Å². The first-order chi connectivity index (χ1) is 7.87. The average molecular weight is 232 g/mol. The van der Waals surface area contributed by atoms with Gasteiger partial charge in [-0.05, 0) is 56.4 Å². The molecule has 17 heavy (non-hydrogen) atoms. The van der Waals surface area contributed by atoms with Crippen molar-refractivity contribution in [3.8, 4) is 0 Å². The van der Waals surface area contributed by atoms with Crippen LogP contribution in [0.5, 0.6) is 0 Å². The molecule has 0 saturated heterocycles. The number of benzene rings is 1. The number of carbonyl (C=O) groups excluding carboxylic acids is 1. The smallest absolute Gasteiger partial charge is 0.246 e. The zero-order valence-electron chi connectivity index (χ0n) is 11.0. The van der Waals surface area contributed by atoms with Crippen molar-refractivity contribution < 1.29 is 4.79 Å². The zero-order valence-corrected chi connectivity index (χ0v) is 11.0. The lowest BCUT2D eigenvalue weighted by Crippen LogP contribution is -2.44. The van der Waals surface area contributed by atoms with E-state index in [1.165, 1.54) is 11.1 Å². The molecular weight excluding hydrogens is 212 g/mol. The van der Waals surface area contributed by atoms with Gasteiger partial charge in [-0.15, -0.1) is 0 Å². The van der Waals surface area contributed by atoms with Crippen molar-refractivity contribution in [3.05, 3.63) is 28.8 Å². The lowest BCUT2D eigenvalue weighted by atomic mass is 10.0. The lowest BCUT2D eigenvalue weighted by molar-refractivity contribution is -0.120. The third-order valence-corrected chi connectivity index (χ3v) is 3.91. The van der Waals surface area contributed by atoms with Crippen molar-refractivity contribution in [2.24, 2.45) is 5.73 Å². The number of likely N-dealkylation sites (N-methyl/N-ethyl adjacent to an activating group) is 1. The predicted molar refractivity (Wildman–Crippen MR) is 70.2 cm³/mol. The standard InChI is InChI=1S/C14H20N2O/c1-9-5-6-12(11(3)10(9)2)16(4)13(17)14(15)7-8-14/h5-6H,7-8,15H2,1-4H3. The molecule has 0 atom stereocenters. The predicted octanol–water partition coefficient (Wildman–Crippen LogP) is 2.07. The number of anilines is 1. The number of carbonyl (C=O) groups is 1. The highest BCUT2D eigenvalue weighted by molar-refractivity contribution is 6.02. The van der Waals surface area contributed by atoms with Crippen molar-refractivity contribution in [2.75, 3.05) is 11.9 Å². The van der Waals surface area contributed by atoms with Gasteiger partial charge in [0.15, 0.2) is 0 Å². The molecule has 2 rings (SSSR count). The van der Waals surface area contributed by atoms with Gasteiger partial charge < -0.3 is 10.6 Å². The largest absolute Gasteiger partial charge is 0.317 e. The molecule has 1 aliphatic rings. The molecule has 0 aromatic heterocycles. The van der Waals surface area contributed by atoms with Crippen LogP contribution in [0.2, 0.25) is 0 Å². The molecule has 1 aliphatic carbocycles. The van der Waals surface area contributed by atoms with Crippen LogP contribution >= 0.6 is 0 Å². The summed E-state index contributed by atoms with van der Waals surface area (Å²) in [5.41, 5.74) is 9.97. The van der Waals surface area contributed by atoms with Crippen LogP contribution in [-0.2, 0) is 4.79 Å². The Balaban J connectivity index is 2.34. The molecule has 0 aliphatic heterocycles. The van der Waals surface area contributed by atoms with Crippen LogP contribution in [0.3, 0.4) is 0 Å². The van der Waals surface area contributed by atoms with Gasteiger partial charge in [-0.1, -0.05) is 6.07 Å². The fourth-order valence-corrected chi connectivity index (χ4v) is 2.10. The molecule has 1 fully saturated rings. The van der Waals surface area contributed by atoms with Crippen molar-refractivity contribution in [1.82, 2.24) is 0 Å². The summed E-state index contributed by atoms with van der Waals surface area (Å²) in [7, 11) is 1.81. The second-order valence-electron chi connectivity index (χ2n) is 5.17. The Morgan fingerprint density at radius 1 is 1.24 bits per heavy atom. The Morgan fingerprint density at radius 2 is 1.82 bits per heavy atom. The van der Waals surface area contributed by atoms with Gasteiger partial charge >= 0.3 is 0 Å². The minimum Gasteiger partial charge on any atom is -0.317 e. The summed E-state index contributed by atoms with van der Waals surface area (Å²) >= 11 is 0. The fourth-order valence-electron chi connectivity index (χ4n) is 2.10. The Morgan fingerprint density at radius 3 is 2.35 bits per heavy atom. The van der Waals surface area contributed by atoms with E-state index in [2.05, 4.69) is 26.8 Å². The first-order valence-electron chi connectivity index (χ1n) is 6.01. The summed E-state index contributed by atoms with van der Waals surface area (Å²) in [6.07, 6.45) is 1.61. The van der Waals surface area contributed by atoms with Crippen molar-refractivity contribution in [1.29, 1.82) is 0 Å². The van der Waals surface area contributed by atoms with Gasteiger partial charge in [0.2, 0.25) is 5.91 Å². The van der Waals surface area contributed by atoms with Crippen LogP contribution in [0.1, 0.15) is 29.5 Å². The van der Waals surface area contributed by atoms with Crippen molar-refractivity contribution in [2.45, 2.75) is 39.2 Å². The SMILES string of the molecule is Cc1ccc(N(C)C(=O)C2(N)CC2)c(C)c1C. The normalized spacial score (nSPS) is 16.8. The van der Waals surface area contributed by atoms with Crippen LogP contribution in [0, 0.1) is 20.8 Å². The highest BCUT2D eigenvalue weighted by Gasteiger charge is 2.47. The molecule has 92 valence electrons. The van der Waals surface area contributed by atoms with Crippen molar-refractivity contribution in [3.63, 3.8) is 0 Å². The molecule has 0 spiro atoms. The van der Waals surface area contributed by atoms with E-state index in [1.54, 1.807) is 4.90 Å². The molecule has 1 amide bonds. The molecule has 1 aromatic rings. The van der Waals surface area contributed by atoms with E-state index in [4.69, 9.17) is 5.73 Å². The van der Waals surface area contributed by atoms with E-state index in [1.807, 2.05) is 13.1 Å². The molecule has 3 nitrogen and oxygen atoms in total. The molecule has 0 heterocycles. The number of rotatable bonds is 2. The molecule has 2 N–H and O–H groups in total. The third kappa shape index (κ3) is 1.95. The van der Waals surface area contributed by atoms with E-state index in [-0.39, 0.29) is 5.91 Å². The average Bonchev–Trinajstić information content (AvgIpc) is 3.04. The van der Waals surface area contributed by atoms with Gasteiger partial charge in [-0.25, -0.2) is 0 Å². The number of hydrogen-bond donors (Lipinski definition) is 1. The molecule has 0 unspecified atom stereocenters. The highest BCUT2D eigenvalue weighted by atomic mass is 16.2. The summed E-state index contributed by atoms with van der Waals surface area (Å²) in [5, 5.41) is 0. The molecule has 0 radical (unpaired) electrons. The van der Waals surface area contributed by atoms with E-state index in [9.17, 15) is 4.79 Å². The van der Waals surface area contributed by atoms with Gasteiger partial charge in [0, 0.05) is 12.7 Å². The summed E-state index contributed by atoms with van der Waals surface area (Å²) in [4.78, 5) is 13.9. The van der Waals surface area contributed by atoms with Gasteiger partial charge in [0.1, 0.15) is 0 Å². The lowest BCUT2D eigenvalue weighted by Gasteiger charge is -2.24. The minimum absolute atomic E-state index is 0.0313. The monoisotopic (exact) mass is 232 g/mol. The maximum absolute atomic E-state index is 12.2. The Labute approximate surface area is 103 Å². The number of nitrogens with two attached hydrogens (primary N) is 1. The van der Waals surface area contributed by atoms with E-state index in [0.29, 0.717) is 0 Å². The fraction of sp³-hybridized carbons (Fsp3) is 0.500. The number of hydrogen-bond acceptors (Lipinski definition) is 2. The quantitative estimate of drug-likeness (QED) is 0.848. The third-order valence-electron chi connectivity index (χ3n) is 3.91. The highest BCUT2D eigenvalue weighted by Crippen LogP contribution is 2.36. The van der Waals surface area contributed by atoms with Gasteiger partial charge in [-0.3, -0.25) is 4.79 Å². The summed E-state index contributed by atoms with van der Waals surface area (Å²) < 4.78 is 0. The second-order valence-corrected chi connectivity index (χ2v) is 5.17. The zero-order chi connectivity index (χ0) is 12.8. The van der Waals surface area contributed by atoms with Crippen LogP contribution in [0.15, 0.2) is 12.1 Å². The van der Waals surface area contributed by atoms with Gasteiger partial charge in [0.25, 0.3) is 0 Å². The summed E-state index contributed by atoms with van der Waals surface area (Å²) in [5.74, 6) is 0.0313. The summed E-state index contributed by atoms with van der Waals surface area (Å²) in [6, 6.07) is 4.05. The Hall–Kier alpha value is -1.35. The van der Waals surface area contributed by atoms with Crippen LogP contribution < -0.4 is 10.6 Å². The van der Waals surface area contributed by atoms with E-state index >= 15 is 0 Å². The first kappa shape index (κ1) is 12.1. The maximum atomic E-state index is 12.2. The molecular formula is C14H20N2O. The first-order valence-corrected chi connectivity index (χ1v) is 6.01. The second kappa shape index (κ2) is 3.84.